The second-order valence-corrected chi connectivity index (χ2v) is 6.54. The first kappa shape index (κ1) is 16.0. The van der Waals surface area contributed by atoms with Gasteiger partial charge in [0.15, 0.2) is 0 Å². The van der Waals surface area contributed by atoms with Gasteiger partial charge in [-0.25, -0.2) is 0 Å². The van der Waals surface area contributed by atoms with Gasteiger partial charge in [0.05, 0.1) is 17.8 Å². The Labute approximate surface area is 126 Å². The van der Waals surface area contributed by atoms with E-state index in [1.807, 2.05) is 26.8 Å². The van der Waals surface area contributed by atoms with Crippen molar-refractivity contribution in [3.63, 3.8) is 0 Å². The van der Waals surface area contributed by atoms with Crippen molar-refractivity contribution in [1.82, 2.24) is 15.1 Å². The molecule has 0 aliphatic heterocycles. The second-order valence-electron chi connectivity index (χ2n) is 6.54. The van der Waals surface area contributed by atoms with E-state index in [-0.39, 0.29) is 19.1 Å². The number of hydrogen-bond donors (Lipinski definition) is 2. The number of hydrogen-bond acceptors (Lipinski definition) is 3. The topological polar surface area (TPSA) is 67.2 Å². The van der Waals surface area contributed by atoms with E-state index in [2.05, 4.69) is 10.4 Å². The zero-order valence-corrected chi connectivity index (χ0v) is 13.4. The second kappa shape index (κ2) is 6.60. The zero-order chi connectivity index (χ0) is 15.5. The third-order valence-corrected chi connectivity index (χ3v) is 4.66. The van der Waals surface area contributed by atoms with Gasteiger partial charge < -0.3 is 10.4 Å². The van der Waals surface area contributed by atoms with Crippen molar-refractivity contribution in [2.24, 2.45) is 5.92 Å². The van der Waals surface area contributed by atoms with Crippen molar-refractivity contribution >= 4 is 5.91 Å². The summed E-state index contributed by atoms with van der Waals surface area (Å²) in [5.74, 6) is 0.281. The van der Waals surface area contributed by atoms with Crippen molar-refractivity contribution in [3.8, 4) is 0 Å². The van der Waals surface area contributed by atoms with Crippen LogP contribution in [0.15, 0.2) is 6.07 Å². The van der Waals surface area contributed by atoms with E-state index in [4.69, 9.17) is 0 Å². The Bertz CT molecular complexity index is 492. The number of nitrogens with one attached hydrogen (secondary N) is 1. The molecule has 1 amide bonds. The molecule has 1 atom stereocenters. The molecular formula is C16H27N3O2. The van der Waals surface area contributed by atoms with Crippen LogP contribution in [0.1, 0.15) is 50.4 Å². The molecule has 1 aromatic heterocycles. The first-order valence-corrected chi connectivity index (χ1v) is 7.87. The van der Waals surface area contributed by atoms with Crippen molar-refractivity contribution in [2.45, 2.75) is 65.0 Å². The molecule has 0 aromatic carbocycles. The van der Waals surface area contributed by atoms with E-state index < -0.39 is 5.54 Å². The number of aromatic nitrogens is 2. The first-order valence-electron chi connectivity index (χ1n) is 7.87. The predicted octanol–water partition coefficient (Wildman–Crippen LogP) is 1.95. The van der Waals surface area contributed by atoms with Gasteiger partial charge in [-0.2, -0.15) is 5.10 Å². The zero-order valence-electron chi connectivity index (χ0n) is 13.4. The quantitative estimate of drug-likeness (QED) is 0.872. The van der Waals surface area contributed by atoms with E-state index in [1.165, 1.54) is 19.3 Å². The van der Waals surface area contributed by atoms with E-state index in [9.17, 15) is 9.90 Å². The number of nitrogens with zero attached hydrogens (tertiary/aromatic N) is 2. The summed E-state index contributed by atoms with van der Waals surface area (Å²) >= 11 is 0. The highest BCUT2D eigenvalue weighted by Crippen LogP contribution is 2.32. The normalized spacial score (nSPS) is 19.2. The number of aryl methyl sites for hydroxylation is 2. The summed E-state index contributed by atoms with van der Waals surface area (Å²) in [6, 6.07) is 1.96. The molecule has 1 saturated carbocycles. The van der Waals surface area contributed by atoms with Crippen LogP contribution < -0.4 is 5.32 Å². The van der Waals surface area contributed by atoms with Crippen molar-refractivity contribution in [3.05, 3.63) is 17.5 Å². The number of rotatable bonds is 5. The van der Waals surface area contributed by atoms with Crippen LogP contribution in [0.2, 0.25) is 0 Å². The summed E-state index contributed by atoms with van der Waals surface area (Å²) < 4.78 is 1.71. The summed E-state index contributed by atoms with van der Waals surface area (Å²) in [6.07, 6.45) is 5.80. The monoisotopic (exact) mass is 293 g/mol. The van der Waals surface area contributed by atoms with Gasteiger partial charge in [0.1, 0.15) is 6.54 Å². The molecule has 1 heterocycles. The minimum Gasteiger partial charge on any atom is -0.394 e. The van der Waals surface area contributed by atoms with Gasteiger partial charge in [0, 0.05) is 5.69 Å². The fourth-order valence-electron chi connectivity index (χ4n) is 3.34. The molecular weight excluding hydrogens is 266 g/mol. The Balaban J connectivity index is 2.00. The maximum Gasteiger partial charge on any atom is 0.242 e. The SMILES string of the molecule is Cc1cc(C)n(CC(=O)N[C@@](C)(CO)C2CCCCC2)n1. The number of carbonyl (C=O) groups is 1. The Morgan fingerprint density at radius 2 is 2.10 bits per heavy atom. The Morgan fingerprint density at radius 3 is 2.62 bits per heavy atom. The lowest BCUT2D eigenvalue weighted by Gasteiger charge is -2.39. The number of amides is 1. The Morgan fingerprint density at radius 1 is 1.43 bits per heavy atom. The Kier molecular flexibility index (Phi) is 5.04. The smallest absolute Gasteiger partial charge is 0.242 e. The van der Waals surface area contributed by atoms with Gasteiger partial charge in [-0.1, -0.05) is 19.3 Å². The third kappa shape index (κ3) is 3.84. The van der Waals surface area contributed by atoms with Gasteiger partial charge in [0.25, 0.3) is 0 Å². The molecule has 1 aromatic rings. The molecule has 5 nitrogen and oxygen atoms in total. The summed E-state index contributed by atoms with van der Waals surface area (Å²) in [7, 11) is 0. The molecule has 0 bridgehead atoms. The number of aliphatic hydroxyl groups is 1. The highest BCUT2D eigenvalue weighted by molar-refractivity contribution is 5.76. The molecule has 2 rings (SSSR count). The van der Waals surface area contributed by atoms with E-state index >= 15 is 0 Å². The standard InChI is InChI=1S/C16H27N3O2/c1-12-9-13(2)19(18-12)10-15(21)17-16(3,11-20)14-7-5-4-6-8-14/h9,14,20H,4-8,10-11H2,1-3H3,(H,17,21)/t16-/m0/s1. The van der Waals surface area contributed by atoms with Gasteiger partial charge in [-0.05, 0) is 45.6 Å². The molecule has 0 saturated heterocycles. The van der Waals surface area contributed by atoms with Crippen LogP contribution in [-0.2, 0) is 11.3 Å². The fourth-order valence-corrected chi connectivity index (χ4v) is 3.34. The van der Waals surface area contributed by atoms with Crippen LogP contribution in [0.3, 0.4) is 0 Å². The molecule has 0 spiro atoms. The lowest BCUT2D eigenvalue weighted by Crippen LogP contribution is -2.55. The lowest BCUT2D eigenvalue weighted by molar-refractivity contribution is -0.125. The van der Waals surface area contributed by atoms with Crippen LogP contribution >= 0.6 is 0 Å². The van der Waals surface area contributed by atoms with Crippen molar-refractivity contribution < 1.29 is 9.90 Å². The van der Waals surface area contributed by atoms with E-state index in [0.29, 0.717) is 5.92 Å². The molecule has 2 N–H and O–H groups in total. The summed E-state index contributed by atoms with van der Waals surface area (Å²) in [5.41, 5.74) is 1.37. The first-order chi connectivity index (χ1) is 9.94. The molecule has 1 aliphatic rings. The van der Waals surface area contributed by atoms with Gasteiger partial charge >= 0.3 is 0 Å². The van der Waals surface area contributed by atoms with E-state index in [0.717, 1.165) is 24.2 Å². The lowest BCUT2D eigenvalue weighted by atomic mass is 9.76. The molecule has 0 unspecified atom stereocenters. The molecule has 1 fully saturated rings. The van der Waals surface area contributed by atoms with Crippen LogP contribution in [0, 0.1) is 19.8 Å². The molecule has 1 aliphatic carbocycles. The molecule has 0 radical (unpaired) electrons. The molecule has 21 heavy (non-hydrogen) atoms. The number of carbonyl (C=O) groups excluding carboxylic acids is 1. The van der Waals surface area contributed by atoms with Crippen LogP contribution in [0.25, 0.3) is 0 Å². The minimum absolute atomic E-state index is 0.0134. The minimum atomic E-state index is -0.520. The highest BCUT2D eigenvalue weighted by Gasteiger charge is 2.35. The fraction of sp³-hybridized carbons (Fsp3) is 0.750. The Hall–Kier alpha value is -1.36. The average molecular weight is 293 g/mol. The summed E-state index contributed by atoms with van der Waals surface area (Å²) in [6.45, 7) is 6.02. The largest absolute Gasteiger partial charge is 0.394 e. The number of aliphatic hydroxyl groups excluding tert-OH is 1. The van der Waals surface area contributed by atoms with Crippen LogP contribution in [0.5, 0.6) is 0 Å². The van der Waals surface area contributed by atoms with Crippen molar-refractivity contribution in [1.29, 1.82) is 0 Å². The van der Waals surface area contributed by atoms with Gasteiger partial charge in [0.2, 0.25) is 5.91 Å². The summed E-state index contributed by atoms with van der Waals surface area (Å²) in [4.78, 5) is 12.3. The van der Waals surface area contributed by atoms with E-state index in [1.54, 1.807) is 4.68 Å². The maximum atomic E-state index is 12.3. The van der Waals surface area contributed by atoms with Gasteiger partial charge in [-0.15, -0.1) is 0 Å². The highest BCUT2D eigenvalue weighted by atomic mass is 16.3. The predicted molar refractivity (Wildman–Crippen MR) is 81.9 cm³/mol. The maximum absolute atomic E-state index is 12.3. The third-order valence-electron chi connectivity index (χ3n) is 4.66. The van der Waals surface area contributed by atoms with Gasteiger partial charge in [-0.3, -0.25) is 9.48 Å². The van der Waals surface area contributed by atoms with Crippen LogP contribution in [0.4, 0.5) is 0 Å². The van der Waals surface area contributed by atoms with Crippen LogP contribution in [-0.4, -0.2) is 32.9 Å². The molecule has 5 heteroatoms. The summed E-state index contributed by atoms with van der Waals surface area (Å²) in [5, 5.41) is 17.1. The molecule has 118 valence electrons. The van der Waals surface area contributed by atoms with Crippen molar-refractivity contribution in [2.75, 3.05) is 6.61 Å². The average Bonchev–Trinajstić information content (AvgIpc) is 2.77.